The van der Waals surface area contributed by atoms with Crippen LogP contribution in [0.15, 0.2) is 45.7 Å². The Kier molecular flexibility index (Phi) is 6.66. The first-order valence-corrected chi connectivity index (χ1v) is 12.6. The maximum Gasteiger partial charge on any atom is 0.323 e. The number of rotatable bonds is 7. The van der Waals surface area contributed by atoms with Gasteiger partial charge in [-0.3, -0.25) is 14.5 Å². The summed E-state index contributed by atoms with van der Waals surface area (Å²) in [5.41, 5.74) is 1.84. The van der Waals surface area contributed by atoms with Crippen LogP contribution in [0.5, 0.6) is 0 Å². The number of furan rings is 1. The lowest BCUT2D eigenvalue weighted by atomic mass is 10.1. The molecule has 1 amide bonds. The van der Waals surface area contributed by atoms with E-state index in [1.807, 2.05) is 37.9 Å². The Hall–Kier alpha value is -2.95. The monoisotopic (exact) mass is 487 g/mol. The normalized spacial score (nSPS) is 16.5. The molecule has 9 nitrogen and oxygen atoms in total. The van der Waals surface area contributed by atoms with Crippen LogP contribution in [0.25, 0.3) is 21.9 Å². The molecule has 1 aromatic heterocycles. The second kappa shape index (κ2) is 9.36. The molecule has 0 radical (unpaired) electrons. The van der Waals surface area contributed by atoms with Crippen molar-refractivity contribution in [3.63, 3.8) is 0 Å². The second-order valence-corrected chi connectivity index (χ2v) is 10.8. The number of carbonyl (C=O) groups excluding carboxylic acids is 2. The number of carbonyl (C=O) groups is 2. The minimum atomic E-state index is -3.99. The summed E-state index contributed by atoms with van der Waals surface area (Å²) in [6, 6.07) is 9.09. The van der Waals surface area contributed by atoms with Gasteiger partial charge in [0.2, 0.25) is 15.9 Å². The highest BCUT2D eigenvalue weighted by molar-refractivity contribution is 7.89. The number of esters is 1. The van der Waals surface area contributed by atoms with Crippen molar-refractivity contribution >= 4 is 49.5 Å². The highest BCUT2D eigenvalue weighted by atomic mass is 32.2. The van der Waals surface area contributed by atoms with Crippen LogP contribution in [0, 0.1) is 5.92 Å². The first-order valence-electron chi connectivity index (χ1n) is 11.1. The molecule has 1 fully saturated rings. The zero-order valence-electron chi connectivity index (χ0n) is 19.7. The number of amides is 1. The number of benzene rings is 2. The predicted molar refractivity (Wildman–Crippen MR) is 129 cm³/mol. The number of nitrogens with zero attached hydrogens (tertiary/aromatic N) is 2. The number of ether oxygens (including phenoxy) is 1. The maximum absolute atomic E-state index is 13.1. The van der Waals surface area contributed by atoms with E-state index >= 15 is 0 Å². The van der Waals surface area contributed by atoms with Gasteiger partial charge in [0.15, 0.2) is 0 Å². The van der Waals surface area contributed by atoms with E-state index in [1.165, 1.54) is 19.2 Å². The third kappa shape index (κ3) is 4.79. The molecule has 1 aliphatic heterocycles. The van der Waals surface area contributed by atoms with E-state index in [1.54, 1.807) is 17.0 Å². The molecule has 0 unspecified atom stereocenters. The zero-order valence-corrected chi connectivity index (χ0v) is 20.5. The molecular weight excluding hydrogens is 458 g/mol. The van der Waals surface area contributed by atoms with Gasteiger partial charge in [0.25, 0.3) is 0 Å². The molecule has 10 heteroatoms. The van der Waals surface area contributed by atoms with Gasteiger partial charge < -0.3 is 14.1 Å². The van der Waals surface area contributed by atoms with E-state index in [-0.39, 0.29) is 16.7 Å². The molecule has 0 aliphatic carbocycles. The van der Waals surface area contributed by atoms with Crippen molar-refractivity contribution in [3.8, 4) is 0 Å². The third-order valence-corrected chi connectivity index (χ3v) is 7.42. The predicted octanol–water partition coefficient (Wildman–Crippen LogP) is 2.73. The molecule has 1 atom stereocenters. The summed E-state index contributed by atoms with van der Waals surface area (Å²) < 4.78 is 39.4. The van der Waals surface area contributed by atoms with Gasteiger partial charge in [0.05, 0.1) is 18.6 Å². The van der Waals surface area contributed by atoms with E-state index in [9.17, 15) is 18.0 Å². The van der Waals surface area contributed by atoms with Crippen LogP contribution in [-0.4, -0.2) is 65.0 Å². The fourth-order valence-corrected chi connectivity index (χ4v) is 5.43. The van der Waals surface area contributed by atoms with E-state index in [0.717, 1.165) is 17.6 Å². The van der Waals surface area contributed by atoms with E-state index in [2.05, 4.69) is 4.72 Å². The molecule has 4 rings (SSSR count). The molecule has 182 valence electrons. The summed E-state index contributed by atoms with van der Waals surface area (Å²) in [6.45, 7) is 5.53. The highest BCUT2D eigenvalue weighted by Crippen LogP contribution is 2.33. The molecule has 1 N–H and O–H groups in total. The maximum atomic E-state index is 13.1. The molecule has 1 aliphatic rings. The van der Waals surface area contributed by atoms with Crippen molar-refractivity contribution in [3.05, 3.63) is 36.4 Å². The number of hydrogen-bond donors (Lipinski definition) is 1. The van der Waals surface area contributed by atoms with Gasteiger partial charge in [-0.15, -0.1) is 0 Å². The summed E-state index contributed by atoms with van der Waals surface area (Å²) in [5.74, 6) is -0.517. The summed E-state index contributed by atoms with van der Waals surface area (Å²) in [5, 5.41) is 1.37. The topological polar surface area (TPSA) is 109 Å². The van der Waals surface area contributed by atoms with Crippen molar-refractivity contribution in [2.24, 2.45) is 5.92 Å². The Bertz CT molecular complexity index is 1350. The number of sulfonamides is 1. The Morgan fingerprint density at radius 2 is 1.88 bits per heavy atom. The largest absolute Gasteiger partial charge is 0.468 e. The molecule has 0 saturated carbocycles. The second-order valence-electron chi connectivity index (χ2n) is 9.05. The summed E-state index contributed by atoms with van der Waals surface area (Å²) in [6.07, 6.45) is 0.316. The highest BCUT2D eigenvalue weighted by Gasteiger charge is 2.28. The first kappa shape index (κ1) is 24.2. The molecule has 2 aromatic carbocycles. The van der Waals surface area contributed by atoms with Gasteiger partial charge in [-0.1, -0.05) is 13.8 Å². The Morgan fingerprint density at radius 1 is 1.12 bits per heavy atom. The third-order valence-electron chi connectivity index (χ3n) is 5.95. The number of piperazine rings is 1. The summed E-state index contributed by atoms with van der Waals surface area (Å²) in [7, 11) is -0.841. The molecule has 0 spiro atoms. The van der Waals surface area contributed by atoms with Crippen molar-refractivity contribution in [2.45, 2.75) is 31.2 Å². The van der Waals surface area contributed by atoms with Crippen LogP contribution in [-0.2, 0) is 24.3 Å². The molecular formula is C24H29N3O6S. The van der Waals surface area contributed by atoms with Gasteiger partial charge in [-0.05, 0) is 49.7 Å². The molecule has 2 heterocycles. The van der Waals surface area contributed by atoms with Crippen LogP contribution in [0.2, 0.25) is 0 Å². The van der Waals surface area contributed by atoms with Crippen molar-refractivity contribution in [2.75, 3.05) is 38.7 Å². The van der Waals surface area contributed by atoms with E-state index < -0.39 is 22.0 Å². The van der Waals surface area contributed by atoms with Crippen molar-refractivity contribution in [1.29, 1.82) is 0 Å². The van der Waals surface area contributed by atoms with Crippen molar-refractivity contribution in [1.82, 2.24) is 9.62 Å². The van der Waals surface area contributed by atoms with Crippen LogP contribution < -0.4 is 9.62 Å². The Labute approximate surface area is 198 Å². The number of nitrogens with one attached hydrogen (secondary N) is 1. The minimum Gasteiger partial charge on any atom is -0.468 e. The van der Waals surface area contributed by atoms with Crippen LogP contribution in [0.1, 0.15) is 20.3 Å². The zero-order chi connectivity index (χ0) is 24.6. The molecule has 1 saturated heterocycles. The number of likely N-dealkylation sites (N-methyl/N-ethyl adjacent to an activating group) is 1. The smallest absolute Gasteiger partial charge is 0.323 e. The van der Waals surface area contributed by atoms with Crippen LogP contribution in [0.3, 0.4) is 0 Å². The van der Waals surface area contributed by atoms with Gasteiger partial charge in [0, 0.05) is 35.6 Å². The number of anilines is 1. The Morgan fingerprint density at radius 3 is 2.56 bits per heavy atom. The lowest BCUT2D eigenvalue weighted by Gasteiger charge is -2.32. The summed E-state index contributed by atoms with van der Waals surface area (Å²) in [4.78, 5) is 28.3. The lowest BCUT2D eigenvalue weighted by Crippen LogP contribution is -2.48. The number of methoxy groups -OCH3 is 1. The van der Waals surface area contributed by atoms with Gasteiger partial charge in [-0.25, -0.2) is 8.42 Å². The standard InChI is InChI=1S/C24H29N3O6S/c1-15(2)11-20(24(29)32-4)25-34(30,31)17-6-8-21-19(13-17)18-7-5-16(12-22(18)33-21)27-10-9-26(3)14-23(27)28/h5-8,12-13,15,20,25H,9-11,14H2,1-4H3/t20-/m0/s1. The van der Waals surface area contributed by atoms with E-state index in [0.29, 0.717) is 36.1 Å². The number of hydrogen-bond acceptors (Lipinski definition) is 7. The average molecular weight is 488 g/mol. The molecule has 3 aromatic rings. The summed E-state index contributed by atoms with van der Waals surface area (Å²) >= 11 is 0. The fraction of sp³-hybridized carbons (Fsp3) is 0.417. The van der Waals surface area contributed by atoms with E-state index in [4.69, 9.17) is 9.15 Å². The Balaban J connectivity index is 1.67. The first-order chi connectivity index (χ1) is 16.1. The lowest BCUT2D eigenvalue weighted by molar-refractivity contribution is -0.143. The minimum absolute atomic E-state index is 0.0187. The van der Waals surface area contributed by atoms with Gasteiger partial charge in [-0.2, -0.15) is 4.72 Å². The number of fused-ring (bicyclic) bond motifs is 3. The van der Waals surface area contributed by atoms with Crippen molar-refractivity contribution < 1.29 is 27.2 Å². The van der Waals surface area contributed by atoms with Gasteiger partial charge >= 0.3 is 5.97 Å². The fourth-order valence-electron chi connectivity index (χ4n) is 4.21. The molecule has 0 bridgehead atoms. The van der Waals surface area contributed by atoms with Gasteiger partial charge in [0.1, 0.15) is 17.2 Å². The molecule has 34 heavy (non-hydrogen) atoms. The van der Waals surface area contributed by atoms with Crippen LogP contribution >= 0.6 is 0 Å². The quantitative estimate of drug-likeness (QED) is 0.511. The SMILES string of the molecule is COC(=O)[C@H](CC(C)C)NS(=O)(=O)c1ccc2oc3cc(N4CCN(C)CC4=O)ccc3c2c1. The van der Waals surface area contributed by atoms with Crippen LogP contribution in [0.4, 0.5) is 5.69 Å². The average Bonchev–Trinajstić information content (AvgIpc) is 3.14.